The van der Waals surface area contributed by atoms with Crippen LogP contribution >= 0.6 is 11.8 Å². The number of benzene rings is 2. The SMILES string of the molecule is Cc1ccc2c(c1)C(c1c[nH]c3ccccc13)=CCS2. The summed E-state index contributed by atoms with van der Waals surface area (Å²) in [6.07, 6.45) is 4.49. The number of H-pyrrole nitrogens is 1. The summed E-state index contributed by atoms with van der Waals surface area (Å²) in [5.41, 5.74) is 6.56. The fourth-order valence-electron chi connectivity index (χ4n) is 2.85. The molecule has 0 fully saturated rings. The molecule has 1 nitrogen and oxygen atoms in total. The van der Waals surface area contributed by atoms with Crippen LogP contribution in [0.25, 0.3) is 16.5 Å². The zero-order valence-electron chi connectivity index (χ0n) is 11.3. The van der Waals surface area contributed by atoms with Crippen LogP contribution < -0.4 is 0 Å². The van der Waals surface area contributed by atoms with E-state index in [4.69, 9.17) is 0 Å². The van der Waals surface area contributed by atoms with Gasteiger partial charge in [-0.05, 0) is 30.2 Å². The summed E-state index contributed by atoms with van der Waals surface area (Å²) in [7, 11) is 0. The summed E-state index contributed by atoms with van der Waals surface area (Å²) in [6.45, 7) is 2.16. The van der Waals surface area contributed by atoms with Crippen molar-refractivity contribution < 1.29 is 0 Å². The molecule has 0 saturated carbocycles. The summed E-state index contributed by atoms with van der Waals surface area (Å²) in [4.78, 5) is 4.77. The number of nitrogens with one attached hydrogen (secondary N) is 1. The molecule has 0 saturated heterocycles. The van der Waals surface area contributed by atoms with Gasteiger partial charge < -0.3 is 4.98 Å². The van der Waals surface area contributed by atoms with Gasteiger partial charge in [-0.3, -0.25) is 0 Å². The molecule has 2 aromatic carbocycles. The zero-order valence-corrected chi connectivity index (χ0v) is 12.1. The van der Waals surface area contributed by atoms with E-state index in [2.05, 4.69) is 66.6 Å². The molecule has 0 bridgehead atoms. The lowest BCUT2D eigenvalue weighted by atomic mass is 9.96. The van der Waals surface area contributed by atoms with Crippen molar-refractivity contribution in [2.24, 2.45) is 0 Å². The Balaban J connectivity index is 1.95. The molecule has 1 aliphatic heterocycles. The average molecular weight is 277 g/mol. The molecule has 1 N–H and O–H groups in total. The first-order chi connectivity index (χ1) is 9.83. The number of para-hydroxylation sites is 1. The van der Waals surface area contributed by atoms with Crippen LogP contribution in [-0.2, 0) is 0 Å². The Hall–Kier alpha value is -1.93. The first kappa shape index (κ1) is 11.9. The summed E-state index contributed by atoms with van der Waals surface area (Å²) in [5, 5.41) is 1.30. The fraction of sp³-hybridized carbons (Fsp3) is 0.111. The molecule has 2 heterocycles. The van der Waals surface area contributed by atoms with E-state index < -0.39 is 0 Å². The van der Waals surface area contributed by atoms with E-state index >= 15 is 0 Å². The summed E-state index contributed by atoms with van der Waals surface area (Å²) < 4.78 is 0. The van der Waals surface area contributed by atoms with E-state index in [1.807, 2.05) is 11.8 Å². The van der Waals surface area contributed by atoms with Crippen LogP contribution in [0.1, 0.15) is 16.7 Å². The minimum absolute atomic E-state index is 1.05. The van der Waals surface area contributed by atoms with Crippen LogP contribution in [0.4, 0.5) is 0 Å². The summed E-state index contributed by atoms with van der Waals surface area (Å²) in [5.74, 6) is 1.05. The summed E-state index contributed by atoms with van der Waals surface area (Å²) >= 11 is 1.92. The van der Waals surface area contributed by atoms with Gasteiger partial charge in [0, 0.05) is 33.3 Å². The number of thioether (sulfide) groups is 1. The van der Waals surface area contributed by atoms with Gasteiger partial charge in [-0.15, -0.1) is 11.8 Å². The molecule has 0 atom stereocenters. The van der Waals surface area contributed by atoms with Crippen molar-refractivity contribution in [1.82, 2.24) is 4.98 Å². The monoisotopic (exact) mass is 277 g/mol. The van der Waals surface area contributed by atoms with E-state index in [0.29, 0.717) is 0 Å². The van der Waals surface area contributed by atoms with Crippen LogP contribution in [-0.4, -0.2) is 10.7 Å². The van der Waals surface area contributed by atoms with Crippen molar-refractivity contribution >= 4 is 28.2 Å². The lowest BCUT2D eigenvalue weighted by Gasteiger charge is -2.17. The van der Waals surface area contributed by atoms with Gasteiger partial charge in [0.05, 0.1) is 0 Å². The third-order valence-electron chi connectivity index (χ3n) is 3.83. The van der Waals surface area contributed by atoms with Crippen LogP contribution in [0.3, 0.4) is 0 Å². The molecule has 0 amide bonds. The Kier molecular flexibility index (Phi) is 2.71. The average Bonchev–Trinajstić information content (AvgIpc) is 2.90. The zero-order chi connectivity index (χ0) is 13.5. The highest BCUT2D eigenvalue weighted by Crippen LogP contribution is 2.39. The topological polar surface area (TPSA) is 15.8 Å². The van der Waals surface area contributed by atoms with Crippen molar-refractivity contribution in [3.63, 3.8) is 0 Å². The second kappa shape index (κ2) is 4.57. The van der Waals surface area contributed by atoms with Crippen LogP contribution in [0.2, 0.25) is 0 Å². The maximum Gasteiger partial charge on any atom is 0.0460 e. The third-order valence-corrected chi connectivity index (χ3v) is 4.83. The molecule has 1 aliphatic rings. The predicted molar refractivity (Wildman–Crippen MR) is 87.3 cm³/mol. The van der Waals surface area contributed by atoms with Crippen molar-refractivity contribution in [1.29, 1.82) is 0 Å². The van der Waals surface area contributed by atoms with Gasteiger partial charge in [-0.1, -0.05) is 42.0 Å². The third kappa shape index (κ3) is 1.80. The van der Waals surface area contributed by atoms with Gasteiger partial charge in [-0.2, -0.15) is 0 Å². The van der Waals surface area contributed by atoms with Crippen LogP contribution in [0.15, 0.2) is 59.6 Å². The lowest BCUT2D eigenvalue weighted by molar-refractivity contribution is 1.31. The minimum atomic E-state index is 1.05. The first-order valence-corrected chi connectivity index (χ1v) is 7.82. The standard InChI is InChI=1S/C18H15NS/c1-12-6-7-18-15(10-12)13(8-9-20-18)16-11-19-17-5-3-2-4-14(16)17/h2-8,10-11,19H,9H2,1H3. The number of fused-ring (bicyclic) bond motifs is 2. The van der Waals surface area contributed by atoms with Gasteiger partial charge in [0.25, 0.3) is 0 Å². The Bertz CT molecular complexity index is 826. The van der Waals surface area contributed by atoms with E-state index in [1.54, 1.807) is 0 Å². The first-order valence-electron chi connectivity index (χ1n) is 6.83. The number of aryl methyl sites for hydroxylation is 1. The molecular formula is C18H15NS. The van der Waals surface area contributed by atoms with Gasteiger partial charge in [0.15, 0.2) is 0 Å². The second-order valence-electron chi connectivity index (χ2n) is 5.18. The quantitative estimate of drug-likeness (QED) is 0.661. The number of aromatic nitrogens is 1. The van der Waals surface area contributed by atoms with Gasteiger partial charge >= 0.3 is 0 Å². The van der Waals surface area contributed by atoms with Crippen molar-refractivity contribution in [3.8, 4) is 0 Å². The normalized spacial score (nSPS) is 14.2. The maximum atomic E-state index is 3.38. The highest BCUT2D eigenvalue weighted by Gasteiger charge is 2.17. The van der Waals surface area contributed by atoms with Crippen molar-refractivity contribution in [3.05, 3.63) is 71.4 Å². The van der Waals surface area contributed by atoms with Crippen LogP contribution in [0.5, 0.6) is 0 Å². The van der Waals surface area contributed by atoms with E-state index in [0.717, 1.165) is 5.75 Å². The van der Waals surface area contributed by atoms with Gasteiger partial charge in [0.2, 0.25) is 0 Å². The molecular weight excluding hydrogens is 262 g/mol. The Morgan fingerprint density at radius 2 is 1.95 bits per heavy atom. The molecule has 0 radical (unpaired) electrons. The van der Waals surface area contributed by atoms with Crippen molar-refractivity contribution in [2.45, 2.75) is 11.8 Å². The predicted octanol–water partition coefficient (Wildman–Crippen LogP) is 5.01. The fourth-order valence-corrected chi connectivity index (χ4v) is 3.77. The Morgan fingerprint density at radius 3 is 2.90 bits per heavy atom. The van der Waals surface area contributed by atoms with Crippen LogP contribution in [0, 0.1) is 6.92 Å². The number of rotatable bonds is 1. The minimum Gasteiger partial charge on any atom is -0.361 e. The summed E-state index contributed by atoms with van der Waals surface area (Å²) in [6, 6.07) is 15.3. The van der Waals surface area contributed by atoms with Gasteiger partial charge in [0.1, 0.15) is 0 Å². The molecule has 2 heteroatoms. The molecule has 0 aliphatic carbocycles. The molecule has 20 heavy (non-hydrogen) atoms. The van der Waals surface area contributed by atoms with E-state index in [1.165, 1.54) is 38.1 Å². The Morgan fingerprint density at radius 1 is 1.05 bits per heavy atom. The highest BCUT2D eigenvalue weighted by molar-refractivity contribution is 7.99. The molecule has 1 aromatic heterocycles. The van der Waals surface area contributed by atoms with Gasteiger partial charge in [-0.25, -0.2) is 0 Å². The number of hydrogen-bond acceptors (Lipinski definition) is 1. The largest absolute Gasteiger partial charge is 0.361 e. The highest BCUT2D eigenvalue weighted by atomic mass is 32.2. The smallest absolute Gasteiger partial charge is 0.0460 e. The molecule has 0 spiro atoms. The van der Waals surface area contributed by atoms with E-state index in [9.17, 15) is 0 Å². The van der Waals surface area contributed by atoms with E-state index in [-0.39, 0.29) is 0 Å². The molecule has 4 rings (SSSR count). The lowest BCUT2D eigenvalue weighted by Crippen LogP contribution is -1.97. The molecule has 0 unspecified atom stereocenters. The maximum absolute atomic E-state index is 3.38. The molecule has 98 valence electrons. The molecule has 3 aromatic rings. The Labute approximate surface area is 122 Å². The second-order valence-corrected chi connectivity index (χ2v) is 6.24. The van der Waals surface area contributed by atoms with Crippen molar-refractivity contribution in [2.75, 3.05) is 5.75 Å². The number of aromatic amines is 1. The number of hydrogen-bond donors (Lipinski definition) is 1.